The van der Waals surface area contributed by atoms with Gasteiger partial charge in [-0.25, -0.2) is 8.78 Å². The van der Waals surface area contributed by atoms with Gasteiger partial charge in [-0.1, -0.05) is 6.07 Å². The third kappa shape index (κ3) is 2.76. The smallest absolute Gasteiger partial charge is 0.383 e. The van der Waals surface area contributed by atoms with Crippen LogP contribution in [0.25, 0.3) is 11.5 Å². The Balaban J connectivity index is 2.19. The summed E-state index contributed by atoms with van der Waals surface area (Å²) in [6.07, 6.45) is -3.02. The molecule has 0 bridgehead atoms. The third-order valence-corrected chi connectivity index (χ3v) is 2.30. The van der Waals surface area contributed by atoms with Crippen LogP contribution in [0.3, 0.4) is 0 Å². The van der Waals surface area contributed by atoms with Crippen LogP contribution in [0, 0.1) is 0 Å². The minimum Gasteiger partial charge on any atom is -0.423 e. The molecular formula is C11H7F4N3O2. The summed E-state index contributed by atoms with van der Waals surface area (Å²) in [5.41, 5.74) is 0.256. The number of nitrogens with one attached hydrogen (secondary N) is 1. The highest BCUT2D eigenvalue weighted by molar-refractivity contribution is 5.96. The minimum atomic E-state index is -4.76. The first-order valence-corrected chi connectivity index (χ1v) is 5.25. The van der Waals surface area contributed by atoms with Crippen LogP contribution in [-0.4, -0.2) is 28.5 Å². The molecule has 0 spiro atoms. The van der Waals surface area contributed by atoms with Gasteiger partial charge in [0.15, 0.2) is 0 Å². The Kier molecular flexibility index (Phi) is 3.68. The van der Waals surface area contributed by atoms with E-state index in [4.69, 9.17) is 4.42 Å². The van der Waals surface area contributed by atoms with E-state index in [-0.39, 0.29) is 11.6 Å². The lowest BCUT2D eigenvalue weighted by molar-refractivity contribution is -0.163. The third-order valence-electron chi connectivity index (χ3n) is 2.30. The molecule has 1 N–H and O–H groups in total. The normalized spacial score (nSPS) is 11.7. The van der Waals surface area contributed by atoms with Gasteiger partial charge in [0.25, 0.3) is 0 Å². The summed E-state index contributed by atoms with van der Waals surface area (Å²) < 4.78 is 54.5. The van der Waals surface area contributed by atoms with Crippen LogP contribution in [0.4, 0.5) is 23.2 Å². The minimum absolute atomic E-state index is 0.0916. The highest BCUT2D eigenvalue weighted by atomic mass is 19.3. The molecule has 0 saturated heterocycles. The molecule has 0 atom stereocenters. The van der Waals surface area contributed by atoms with Crippen molar-refractivity contribution in [3.05, 3.63) is 30.7 Å². The van der Waals surface area contributed by atoms with Gasteiger partial charge in [-0.3, -0.25) is 4.79 Å². The maximum absolute atomic E-state index is 12.8. The van der Waals surface area contributed by atoms with E-state index in [9.17, 15) is 22.4 Å². The topological polar surface area (TPSA) is 68.0 Å². The second-order valence-corrected chi connectivity index (χ2v) is 3.70. The number of nitrogens with zero attached hydrogens (tertiary/aromatic N) is 2. The maximum Gasteiger partial charge on any atom is 0.383 e. The predicted octanol–water partition coefficient (Wildman–Crippen LogP) is 2.58. The van der Waals surface area contributed by atoms with Gasteiger partial charge in [-0.2, -0.15) is 8.78 Å². The van der Waals surface area contributed by atoms with E-state index < -0.39 is 18.3 Å². The molecule has 0 aliphatic heterocycles. The lowest BCUT2D eigenvalue weighted by atomic mass is 10.2. The first-order valence-electron chi connectivity index (χ1n) is 5.25. The zero-order chi connectivity index (χ0) is 14.8. The molecule has 20 heavy (non-hydrogen) atoms. The van der Waals surface area contributed by atoms with Crippen molar-refractivity contribution >= 4 is 11.6 Å². The molecule has 1 aromatic heterocycles. The van der Waals surface area contributed by atoms with E-state index in [1.807, 2.05) is 0 Å². The van der Waals surface area contributed by atoms with Crippen LogP contribution in [0.5, 0.6) is 0 Å². The Labute approximate surface area is 109 Å². The van der Waals surface area contributed by atoms with Crippen LogP contribution < -0.4 is 5.32 Å². The molecule has 0 unspecified atom stereocenters. The molecule has 0 radical (unpaired) electrons. The molecule has 2 rings (SSSR count). The number of amides is 1. The van der Waals surface area contributed by atoms with E-state index in [1.165, 1.54) is 24.3 Å². The van der Waals surface area contributed by atoms with Gasteiger partial charge in [-0.15, -0.1) is 10.2 Å². The van der Waals surface area contributed by atoms with E-state index in [0.29, 0.717) is 5.56 Å². The van der Waals surface area contributed by atoms with Crippen LogP contribution in [-0.2, 0) is 4.79 Å². The summed E-state index contributed by atoms with van der Waals surface area (Å²) in [7, 11) is 0. The average molecular weight is 289 g/mol. The first-order chi connectivity index (χ1) is 9.41. The molecule has 1 aromatic carbocycles. The molecule has 5 nitrogen and oxygen atoms in total. The molecule has 1 heterocycles. The number of carbonyl (C=O) groups excluding carboxylic acids is 1. The van der Waals surface area contributed by atoms with Crippen LogP contribution >= 0.6 is 0 Å². The summed E-state index contributed by atoms with van der Waals surface area (Å²) in [6.45, 7) is 0. The van der Waals surface area contributed by atoms with Gasteiger partial charge in [-0.05, 0) is 18.2 Å². The number of carbonyl (C=O) groups is 1. The lowest BCUT2D eigenvalue weighted by Gasteiger charge is -2.14. The van der Waals surface area contributed by atoms with E-state index in [0.717, 1.165) is 6.39 Å². The number of alkyl halides is 4. The Morgan fingerprint density at radius 2 is 2.10 bits per heavy atom. The highest BCUT2D eigenvalue weighted by Gasteiger charge is 2.48. The second-order valence-electron chi connectivity index (χ2n) is 3.70. The van der Waals surface area contributed by atoms with Crippen molar-refractivity contribution in [1.29, 1.82) is 0 Å². The van der Waals surface area contributed by atoms with Crippen LogP contribution in [0.15, 0.2) is 35.1 Å². The van der Waals surface area contributed by atoms with Crippen molar-refractivity contribution in [3.63, 3.8) is 0 Å². The molecule has 0 fully saturated rings. The zero-order valence-corrected chi connectivity index (χ0v) is 9.69. The second kappa shape index (κ2) is 5.27. The van der Waals surface area contributed by atoms with Gasteiger partial charge >= 0.3 is 18.3 Å². The molecule has 0 aliphatic rings. The van der Waals surface area contributed by atoms with Gasteiger partial charge in [0.2, 0.25) is 12.3 Å². The number of hydrogen-bond donors (Lipinski definition) is 1. The van der Waals surface area contributed by atoms with Crippen molar-refractivity contribution in [2.24, 2.45) is 0 Å². The number of rotatable bonds is 4. The lowest BCUT2D eigenvalue weighted by Crippen LogP contribution is -2.40. The molecule has 106 valence electrons. The molecule has 0 aliphatic carbocycles. The SMILES string of the molecule is O=C(Nc1cccc(-c2nnco2)c1)C(F)(F)C(F)F. The monoisotopic (exact) mass is 289 g/mol. The standard InChI is InChI=1S/C11H7F4N3O2/c12-9(13)11(14,15)10(19)17-7-3-1-2-6(4-7)8-18-16-5-20-8/h1-5,9H,(H,17,19). The highest BCUT2D eigenvalue weighted by Crippen LogP contribution is 2.26. The van der Waals surface area contributed by atoms with E-state index in [2.05, 4.69) is 10.2 Å². The summed E-state index contributed by atoms with van der Waals surface area (Å²) in [5, 5.41) is 8.72. The first kappa shape index (κ1) is 14.0. The average Bonchev–Trinajstić information content (AvgIpc) is 2.92. The van der Waals surface area contributed by atoms with E-state index in [1.54, 1.807) is 5.32 Å². The summed E-state index contributed by atoms with van der Waals surface area (Å²) in [6, 6.07) is 5.44. The van der Waals surface area contributed by atoms with Crippen molar-refractivity contribution in [3.8, 4) is 11.5 Å². The fraction of sp³-hybridized carbons (Fsp3) is 0.182. The molecule has 0 saturated carbocycles. The number of halogens is 4. The maximum atomic E-state index is 12.8. The van der Waals surface area contributed by atoms with Gasteiger partial charge in [0.05, 0.1) is 0 Å². The molecule has 1 amide bonds. The Bertz CT molecular complexity index is 601. The Morgan fingerprint density at radius 3 is 2.70 bits per heavy atom. The number of aromatic nitrogens is 2. The zero-order valence-electron chi connectivity index (χ0n) is 9.69. The van der Waals surface area contributed by atoms with Crippen molar-refractivity contribution in [2.75, 3.05) is 5.32 Å². The molecular weight excluding hydrogens is 282 g/mol. The summed E-state index contributed by atoms with van der Waals surface area (Å²) in [5.74, 6) is -6.75. The van der Waals surface area contributed by atoms with Crippen molar-refractivity contribution in [1.82, 2.24) is 10.2 Å². The largest absolute Gasteiger partial charge is 0.423 e. The van der Waals surface area contributed by atoms with Gasteiger partial charge in [0, 0.05) is 11.3 Å². The number of benzene rings is 1. The van der Waals surface area contributed by atoms with Crippen molar-refractivity contribution in [2.45, 2.75) is 12.3 Å². The summed E-state index contributed by atoms with van der Waals surface area (Å²) >= 11 is 0. The van der Waals surface area contributed by atoms with Crippen LogP contribution in [0.1, 0.15) is 0 Å². The van der Waals surface area contributed by atoms with E-state index >= 15 is 0 Å². The fourth-order valence-corrected chi connectivity index (χ4v) is 1.34. The molecule has 9 heteroatoms. The van der Waals surface area contributed by atoms with Crippen molar-refractivity contribution < 1.29 is 26.8 Å². The predicted molar refractivity (Wildman–Crippen MR) is 59.3 cm³/mol. The Hall–Kier alpha value is -2.45. The number of hydrogen-bond acceptors (Lipinski definition) is 4. The summed E-state index contributed by atoms with van der Waals surface area (Å²) in [4.78, 5) is 11.1. The molecule has 2 aromatic rings. The Morgan fingerprint density at radius 1 is 1.35 bits per heavy atom. The quantitative estimate of drug-likeness (QED) is 0.878. The van der Waals surface area contributed by atoms with Gasteiger partial charge in [0.1, 0.15) is 0 Å². The number of anilines is 1. The van der Waals surface area contributed by atoms with Gasteiger partial charge < -0.3 is 9.73 Å². The van der Waals surface area contributed by atoms with Crippen LogP contribution in [0.2, 0.25) is 0 Å². The fourth-order valence-electron chi connectivity index (χ4n) is 1.34.